The van der Waals surface area contributed by atoms with Gasteiger partial charge >= 0.3 is 35.0 Å². The van der Waals surface area contributed by atoms with Gasteiger partial charge in [0.05, 0.1) is 23.5 Å². The molecule has 5 fully saturated rings. The summed E-state index contributed by atoms with van der Waals surface area (Å²) in [6.07, 6.45) is 16.9. The van der Waals surface area contributed by atoms with Gasteiger partial charge in [-0.05, 0) is 97.7 Å². The van der Waals surface area contributed by atoms with Gasteiger partial charge < -0.3 is 0 Å². The van der Waals surface area contributed by atoms with Crippen molar-refractivity contribution in [2.45, 2.75) is 145 Å². The summed E-state index contributed by atoms with van der Waals surface area (Å²) in [5.41, 5.74) is 3.12. The Morgan fingerprint density at radius 2 is 0.805 bits per heavy atom. The Bertz CT molecular complexity index is 783. The van der Waals surface area contributed by atoms with Gasteiger partial charge in [-0.1, -0.05) is 93.9 Å². The predicted octanol–water partition coefficient (Wildman–Crippen LogP) is 11.3. The van der Waals surface area contributed by atoms with Crippen LogP contribution in [-0.2, 0) is 15.9 Å². The number of rotatable bonds is 6. The van der Waals surface area contributed by atoms with E-state index in [0.717, 1.165) is 59.2 Å². The molecule has 5 saturated carbocycles. The van der Waals surface area contributed by atoms with Gasteiger partial charge in [-0.25, -0.2) is 0 Å². The Kier molecular flexibility index (Phi) is 13.2. The first-order chi connectivity index (χ1) is 19.6. The van der Waals surface area contributed by atoms with Gasteiger partial charge in [0, 0.05) is 11.8 Å². The first kappa shape index (κ1) is 34.5. The first-order valence-corrected chi connectivity index (χ1v) is 21.6. The van der Waals surface area contributed by atoms with Crippen molar-refractivity contribution in [3.63, 3.8) is 0 Å². The monoisotopic (exact) mass is 698 g/mol. The number of nitrogens with zero attached hydrogens (tertiary/aromatic N) is 2. The van der Waals surface area contributed by atoms with Crippen molar-refractivity contribution in [3.8, 4) is 0 Å². The molecule has 5 aliphatic carbocycles. The fourth-order valence-corrected chi connectivity index (χ4v) is 10.5. The molecule has 0 heterocycles. The van der Waals surface area contributed by atoms with E-state index in [1.54, 1.807) is 11.4 Å². The van der Waals surface area contributed by atoms with Crippen LogP contribution < -0.4 is 0 Å². The molecule has 6 unspecified atom stereocenters. The summed E-state index contributed by atoms with van der Waals surface area (Å²) in [7, 11) is 9.63. The van der Waals surface area contributed by atoms with Gasteiger partial charge in [0.1, 0.15) is 0 Å². The quantitative estimate of drug-likeness (QED) is 0.247. The third-order valence-electron chi connectivity index (χ3n) is 12.5. The van der Waals surface area contributed by atoms with E-state index in [-0.39, 0.29) is 15.9 Å². The Balaban J connectivity index is 0.00000124. The van der Waals surface area contributed by atoms with Crippen LogP contribution in [0.1, 0.15) is 132 Å². The summed E-state index contributed by atoms with van der Waals surface area (Å²) in [5.74, 6) is 9.08. The molecule has 0 saturated heterocycles. The molecular weight excluding hydrogens is 638 g/mol. The van der Waals surface area contributed by atoms with E-state index < -0.39 is 0 Å². The number of hydrogen-bond donors (Lipinski definition) is 0. The molecule has 0 spiro atoms. The van der Waals surface area contributed by atoms with Crippen LogP contribution >= 0.6 is 19.1 Å². The Hall–Kier alpha value is 0.582. The number of halogens is 2. The first-order valence-electron chi connectivity index (χ1n) is 17.6. The molecule has 5 rings (SSSR count). The molecule has 0 bridgehead atoms. The SMILES string of the molecule is CC(C)C1CCCC(C(C)C)C1N=C1C(=NC2C(C(C)C)CCCC2C(C)C)C2CCCC3CCCC1C32.[Cl][Pd][Cl]. The van der Waals surface area contributed by atoms with E-state index in [1.807, 2.05) is 0 Å². The van der Waals surface area contributed by atoms with Gasteiger partial charge in [-0.15, -0.1) is 0 Å². The number of hydrogen-bond acceptors (Lipinski definition) is 2. The van der Waals surface area contributed by atoms with Crippen molar-refractivity contribution in [1.29, 1.82) is 0 Å². The second-order valence-electron chi connectivity index (χ2n) is 16.0. The van der Waals surface area contributed by atoms with E-state index >= 15 is 0 Å². The summed E-state index contributed by atoms with van der Waals surface area (Å²) in [6, 6.07) is 1.02. The standard InChI is InChI=1S/C36H62N2.2ClH.Pd/c1-21(2)26-15-11-16-27(22(3)4)33(26)37-35-30-19-9-13-25-14-10-20-31(32(25)30)36(35)38-34-28(23(5)6)17-12-18-29(34)24(7)8;;;/h21-34H,9-20H2,1-8H3;2*1H;/q;;;+2/p-2. The molecular formula is C36H62Cl2N2Pd. The molecule has 0 aromatic heterocycles. The third kappa shape index (κ3) is 7.70. The molecule has 0 aromatic rings. The van der Waals surface area contributed by atoms with Crippen molar-refractivity contribution < 1.29 is 15.9 Å². The van der Waals surface area contributed by atoms with Crippen LogP contribution in [0.5, 0.6) is 0 Å². The Labute approximate surface area is 270 Å². The molecule has 41 heavy (non-hydrogen) atoms. The molecule has 240 valence electrons. The average Bonchev–Trinajstić information content (AvgIpc) is 3.22. The van der Waals surface area contributed by atoms with E-state index in [0.29, 0.717) is 23.9 Å². The maximum atomic E-state index is 6.06. The summed E-state index contributed by atoms with van der Waals surface area (Å²) < 4.78 is 0. The van der Waals surface area contributed by atoms with E-state index in [9.17, 15) is 0 Å². The van der Waals surface area contributed by atoms with E-state index in [1.165, 1.54) is 77.0 Å². The van der Waals surface area contributed by atoms with Gasteiger partial charge in [0.15, 0.2) is 0 Å². The molecule has 6 atom stereocenters. The fourth-order valence-electron chi connectivity index (χ4n) is 10.5. The van der Waals surface area contributed by atoms with Crippen LogP contribution in [0.2, 0.25) is 0 Å². The van der Waals surface area contributed by atoms with Crippen molar-refractivity contribution in [2.75, 3.05) is 0 Å². The van der Waals surface area contributed by atoms with Crippen LogP contribution in [-0.4, -0.2) is 23.5 Å². The molecule has 0 aromatic carbocycles. The zero-order valence-electron chi connectivity index (χ0n) is 27.5. The topological polar surface area (TPSA) is 24.7 Å². The van der Waals surface area contributed by atoms with Crippen molar-refractivity contribution >= 4 is 30.5 Å². The Morgan fingerprint density at radius 1 is 0.512 bits per heavy atom. The van der Waals surface area contributed by atoms with Gasteiger partial charge in [-0.3, -0.25) is 9.98 Å². The van der Waals surface area contributed by atoms with Gasteiger partial charge in [0.2, 0.25) is 0 Å². The van der Waals surface area contributed by atoms with Crippen molar-refractivity contribution in [1.82, 2.24) is 0 Å². The van der Waals surface area contributed by atoms with Crippen molar-refractivity contribution in [2.24, 2.45) is 81.0 Å². The second kappa shape index (κ2) is 15.7. The summed E-state index contributed by atoms with van der Waals surface area (Å²) in [6.45, 7) is 19.8. The summed E-state index contributed by atoms with van der Waals surface area (Å²) >= 11 is -0.106. The molecule has 0 N–H and O–H groups in total. The third-order valence-corrected chi connectivity index (χ3v) is 12.5. The second-order valence-corrected chi connectivity index (χ2v) is 18.3. The fraction of sp³-hybridized carbons (Fsp3) is 0.944. The van der Waals surface area contributed by atoms with Gasteiger partial charge in [0.25, 0.3) is 0 Å². The summed E-state index contributed by atoms with van der Waals surface area (Å²) in [5, 5.41) is 0. The molecule has 0 aliphatic heterocycles. The van der Waals surface area contributed by atoms with Crippen LogP contribution in [0.15, 0.2) is 9.98 Å². The Morgan fingerprint density at radius 3 is 1.10 bits per heavy atom. The van der Waals surface area contributed by atoms with Gasteiger partial charge in [-0.2, -0.15) is 0 Å². The molecule has 5 heteroatoms. The maximum absolute atomic E-state index is 6.06. The molecule has 0 radical (unpaired) electrons. The van der Waals surface area contributed by atoms with E-state index in [4.69, 9.17) is 29.0 Å². The zero-order valence-corrected chi connectivity index (χ0v) is 30.6. The van der Waals surface area contributed by atoms with Crippen LogP contribution in [0.4, 0.5) is 0 Å². The molecule has 5 aliphatic rings. The minimum absolute atomic E-state index is 0.106. The normalized spacial score (nSPS) is 41.4. The van der Waals surface area contributed by atoms with E-state index in [2.05, 4.69) is 55.4 Å². The van der Waals surface area contributed by atoms with Crippen LogP contribution in [0.25, 0.3) is 0 Å². The zero-order chi connectivity index (χ0) is 29.8. The molecule has 0 amide bonds. The predicted molar refractivity (Wildman–Crippen MR) is 177 cm³/mol. The average molecular weight is 700 g/mol. The summed E-state index contributed by atoms with van der Waals surface area (Å²) in [4.78, 5) is 12.1. The number of aliphatic imine (C=N–C) groups is 2. The minimum atomic E-state index is -0.106. The van der Waals surface area contributed by atoms with Crippen molar-refractivity contribution in [3.05, 3.63) is 0 Å². The van der Waals surface area contributed by atoms with Crippen LogP contribution in [0.3, 0.4) is 0 Å². The molecule has 2 nitrogen and oxygen atoms in total. The van der Waals surface area contributed by atoms with Crippen LogP contribution in [0, 0.1) is 71.0 Å².